The molecule has 0 bridgehead atoms. The number of carboxylic acid groups (broad SMARTS) is 1. The van der Waals surface area contributed by atoms with E-state index in [2.05, 4.69) is 9.97 Å². The number of nitrogens with zero attached hydrogens (tertiary/aromatic N) is 1. The average molecular weight is 269 g/mol. The maximum atomic E-state index is 11.8. The standard InChI is InChI=1S/C13H21N3O3.H2/c14-6-2-1-3-10(13(18)19)7-12(17)5-4-11-8-15-9-16-11;/h8-10H,1-7,14H2,(H,15,16)(H,18,19);1H/t10-;/m1./s1. The molecule has 0 aliphatic rings. The Kier molecular flexibility index (Phi) is 6.81. The molecule has 4 N–H and O–H groups in total. The fraction of sp³-hybridized carbons (Fsp3) is 0.615. The van der Waals surface area contributed by atoms with Crippen LogP contribution < -0.4 is 5.73 Å². The number of nitrogens with one attached hydrogen (secondary N) is 1. The molecule has 0 aliphatic carbocycles. The Labute approximate surface area is 113 Å². The van der Waals surface area contributed by atoms with Crippen molar-refractivity contribution < 1.29 is 16.1 Å². The van der Waals surface area contributed by atoms with Crippen LogP contribution in [-0.2, 0) is 16.0 Å². The van der Waals surface area contributed by atoms with Gasteiger partial charge in [-0.3, -0.25) is 9.59 Å². The van der Waals surface area contributed by atoms with E-state index in [4.69, 9.17) is 10.8 Å². The number of carboxylic acids is 1. The molecule has 1 rings (SSSR count). The van der Waals surface area contributed by atoms with Crippen molar-refractivity contribution in [1.29, 1.82) is 0 Å². The largest absolute Gasteiger partial charge is 0.481 e. The number of carbonyl (C=O) groups excluding carboxylic acids is 1. The summed E-state index contributed by atoms with van der Waals surface area (Å²) < 4.78 is 0. The van der Waals surface area contributed by atoms with Crippen LogP contribution in [0.15, 0.2) is 12.5 Å². The van der Waals surface area contributed by atoms with E-state index in [0.29, 0.717) is 25.8 Å². The fourth-order valence-electron chi connectivity index (χ4n) is 1.92. The maximum absolute atomic E-state index is 11.8. The number of unbranched alkanes of at least 4 members (excludes halogenated alkanes) is 1. The Morgan fingerprint density at radius 1 is 1.47 bits per heavy atom. The molecule has 0 fully saturated rings. The zero-order valence-electron chi connectivity index (χ0n) is 11.0. The summed E-state index contributed by atoms with van der Waals surface area (Å²) >= 11 is 0. The Hall–Kier alpha value is -1.69. The number of hydrogen-bond donors (Lipinski definition) is 3. The maximum Gasteiger partial charge on any atom is 0.306 e. The Morgan fingerprint density at radius 3 is 2.84 bits per heavy atom. The monoisotopic (exact) mass is 269 g/mol. The second-order valence-electron chi connectivity index (χ2n) is 4.64. The SMILES string of the molecule is NCCCC[C@H](CC(=O)CCc1cnc[nH]1)C(=O)O.[HH]. The van der Waals surface area contributed by atoms with Crippen molar-refractivity contribution in [3.63, 3.8) is 0 Å². The first-order valence-corrected chi connectivity index (χ1v) is 6.55. The zero-order chi connectivity index (χ0) is 14.1. The van der Waals surface area contributed by atoms with Crippen LogP contribution in [0.2, 0.25) is 0 Å². The number of hydrogen-bond acceptors (Lipinski definition) is 4. The lowest BCUT2D eigenvalue weighted by Gasteiger charge is -2.10. The molecule has 6 heteroatoms. The number of aromatic amines is 1. The Balaban J connectivity index is 0.00000361. The Morgan fingerprint density at radius 2 is 2.26 bits per heavy atom. The minimum atomic E-state index is -0.896. The van der Waals surface area contributed by atoms with Crippen LogP contribution in [0.3, 0.4) is 0 Å². The number of H-pyrrole nitrogens is 1. The second-order valence-corrected chi connectivity index (χ2v) is 4.64. The number of aryl methyl sites for hydroxylation is 1. The van der Waals surface area contributed by atoms with E-state index in [-0.39, 0.29) is 13.6 Å². The summed E-state index contributed by atoms with van der Waals surface area (Å²) in [7, 11) is 0. The van der Waals surface area contributed by atoms with Gasteiger partial charge in [0.05, 0.1) is 12.2 Å². The third kappa shape index (κ3) is 6.15. The summed E-state index contributed by atoms with van der Waals surface area (Å²) in [6, 6.07) is 0. The highest BCUT2D eigenvalue weighted by molar-refractivity contribution is 5.83. The van der Waals surface area contributed by atoms with E-state index in [1.54, 1.807) is 12.5 Å². The number of aliphatic carboxylic acids is 1. The molecule has 0 aromatic carbocycles. The molecule has 0 radical (unpaired) electrons. The van der Waals surface area contributed by atoms with E-state index < -0.39 is 11.9 Å². The van der Waals surface area contributed by atoms with Crippen LogP contribution in [0.1, 0.15) is 39.2 Å². The molecular weight excluding hydrogens is 246 g/mol. The lowest BCUT2D eigenvalue weighted by Crippen LogP contribution is -2.18. The number of nitrogens with two attached hydrogens (primary N) is 1. The van der Waals surface area contributed by atoms with Gasteiger partial charge in [0.1, 0.15) is 5.78 Å². The number of carbonyl (C=O) groups is 2. The number of Topliss-reactive ketones (excluding diaryl/α,β-unsaturated/α-hetero) is 1. The smallest absolute Gasteiger partial charge is 0.306 e. The number of ketones is 1. The first-order chi connectivity index (χ1) is 9.13. The lowest BCUT2D eigenvalue weighted by molar-refractivity contribution is -0.144. The molecule has 1 aromatic rings. The minimum Gasteiger partial charge on any atom is -0.481 e. The van der Waals surface area contributed by atoms with Gasteiger partial charge in [0, 0.05) is 26.2 Å². The van der Waals surface area contributed by atoms with E-state index in [0.717, 1.165) is 18.5 Å². The van der Waals surface area contributed by atoms with Gasteiger partial charge in [-0.05, 0) is 25.8 Å². The highest BCUT2D eigenvalue weighted by Gasteiger charge is 2.20. The van der Waals surface area contributed by atoms with Crippen molar-refractivity contribution in [3.8, 4) is 0 Å². The van der Waals surface area contributed by atoms with Gasteiger partial charge in [-0.15, -0.1) is 0 Å². The summed E-state index contributed by atoms with van der Waals surface area (Å²) in [4.78, 5) is 29.6. The van der Waals surface area contributed by atoms with Crippen LogP contribution in [-0.4, -0.2) is 33.4 Å². The van der Waals surface area contributed by atoms with E-state index in [9.17, 15) is 9.59 Å². The van der Waals surface area contributed by atoms with Gasteiger partial charge >= 0.3 is 5.97 Å². The van der Waals surface area contributed by atoms with Crippen molar-refractivity contribution in [3.05, 3.63) is 18.2 Å². The Bertz CT molecular complexity index is 396. The molecule has 0 saturated heterocycles. The number of aromatic nitrogens is 2. The van der Waals surface area contributed by atoms with Crippen LogP contribution in [0.5, 0.6) is 0 Å². The van der Waals surface area contributed by atoms with Crippen molar-refractivity contribution in [2.75, 3.05) is 6.54 Å². The van der Waals surface area contributed by atoms with E-state index >= 15 is 0 Å². The zero-order valence-corrected chi connectivity index (χ0v) is 11.0. The normalized spacial score (nSPS) is 12.3. The van der Waals surface area contributed by atoms with Gasteiger partial charge in [-0.25, -0.2) is 4.98 Å². The molecule has 0 unspecified atom stereocenters. The van der Waals surface area contributed by atoms with Crippen LogP contribution >= 0.6 is 0 Å². The molecule has 1 aromatic heterocycles. The van der Waals surface area contributed by atoms with Crippen LogP contribution in [0, 0.1) is 5.92 Å². The van der Waals surface area contributed by atoms with Gasteiger partial charge in [0.25, 0.3) is 0 Å². The number of imidazole rings is 1. The minimum absolute atomic E-state index is 0. The summed E-state index contributed by atoms with van der Waals surface area (Å²) in [6.07, 6.45) is 6.33. The van der Waals surface area contributed by atoms with Gasteiger partial charge in [-0.2, -0.15) is 0 Å². The van der Waals surface area contributed by atoms with Gasteiger partial charge < -0.3 is 15.8 Å². The van der Waals surface area contributed by atoms with Crippen molar-refractivity contribution >= 4 is 11.8 Å². The molecule has 19 heavy (non-hydrogen) atoms. The topological polar surface area (TPSA) is 109 Å². The second kappa shape index (κ2) is 8.42. The van der Waals surface area contributed by atoms with Crippen LogP contribution in [0.25, 0.3) is 0 Å². The molecule has 1 heterocycles. The van der Waals surface area contributed by atoms with Crippen LogP contribution in [0.4, 0.5) is 0 Å². The third-order valence-corrected chi connectivity index (χ3v) is 3.06. The summed E-state index contributed by atoms with van der Waals surface area (Å²) in [5.74, 6) is -1.50. The summed E-state index contributed by atoms with van der Waals surface area (Å²) in [6.45, 7) is 0.556. The quantitative estimate of drug-likeness (QED) is 0.556. The van der Waals surface area contributed by atoms with Crippen molar-refractivity contribution in [2.45, 2.75) is 38.5 Å². The van der Waals surface area contributed by atoms with Gasteiger partial charge in [-0.1, -0.05) is 6.42 Å². The molecule has 6 nitrogen and oxygen atoms in total. The van der Waals surface area contributed by atoms with Gasteiger partial charge in [0.2, 0.25) is 0 Å². The average Bonchev–Trinajstić information content (AvgIpc) is 2.88. The molecule has 0 spiro atoms. The van der Waals surface area contributed by atoms with Crippen molar-refractivity contribution in [2.24, 2.45) is 11.7 Å². The predicted octanol–water partition coefficient (Wildman–Crippen LogP) is 1.38. The highest BCUT2D eigenvalue weighted by atomic mass is 16.4. The summed E-state index contributed by atoms with van der Waals surface area (Å²) in [5, 5.41) is 9.07. The third-order valence-electron chi connectivity index (χ3n) is 3.06. The lowest BCUT2D eigenvalue weighted by atomic mass is 9.94. The fourth-order valence-corrected chi connectivity index (χ4v) is 1.92. The van der Waals surface area contributed by atoms with E-state index in [1.165, 1.54) is 0 Å². The highest BCUT2D eigenvalue weighted by Crippen LogP contribution is 2.15. The molecule has 0 saturated carbocycles. The number of rotatable bonds is 10. The van der Waals surface area contributed by atoms with Gasteiger partial charge in [0.15, 0.2) is 0 Å². The molecule has 1 atom stereocenters. The van der Waals surface area contributed by atoms with Crippen molar-refractivity contribution in [1.82, 2.24) is 9.97 Å². The predicted molar refractivity (Wildman–Crippen MR) is 72.7 cm³/mol. The molecule has 0 amide bonds. The first-order valence-electron chi connectivity index (χ1n) is 6.55. The van der Waals surface area contributed by atoms with E-state index in [1.807, 2.05) is 0 Å². The molecule has 108 valence electrons. The molecule has 0 aliphatic heterocycles. The summed E-state index contributed by atoms with van der Waals surface area (Å²) in [5.41, 5.74) is 6.26. The first kappa shape index (κ1) is 15.4. The molecular formula is C13H23N3O3.